The predicted octanol–water partition coefficient (Wildman–Crippen LogP) is -0.439. The molecule has 1 atom stereocenters. The zero-order chi connectivity index (χ0) is 15.0. The summed E-state index contributed by atoms with van der Waals surface area (Å²) >= 11 is 0. The van der Waals surface area contributed by atoms with Gasteiger partial charge in [0.1, 0.15) is 12.6 Å². The van der Waals surface area contributed by atoms with Crippen molar-refractivity contribution in [3.8, 4) is 0 Å². The molecule has 1 heterocycles. The third kappa shape index (κ3) is 5.14. The SMILES string of the molecule is O=C(O)COCCCCC1C(=O)NC(=O)N1CCCO. The summed E-state index contributed by atoms with van der Waals surface area (Å²) in [5, 5.41) is 19.4. The number of unbranched alkanes of at least 4 members (excludes halogenated alkanes) is 1. The number of aliphatic hydroxyl groups excluding tert-OH is 1. The van der Waals surface area contributed by atoms with Crippen LogP contribution in [0.25, 0.3) is 0 Å². The average Bonchev–Trinajstić information content (AvgIpc) is 2.65. The molecule has 0 aromatic heterocycles. The van der Waals surface area contributed by atoms with Crippen LogP contribution in [0.4, 0.5) is 4.79 Å². The van der Waals surface area contributed by atoms with E-state index in [2.05, 4.69) is 5.32 Å². The molecule has 1 aliphatic heterocycles. The Morgan fingerprint density at radius 1 is 1.30 bits per heavy atom. The van der Waals surface area contributed by atoms with Gasteiger partial charge in [-0.15, -0.1) is 0 Å². The number of rotatable bonds is 10. The lowest BCUT2D eigenvalue weighted by molar-refractivity contribution is -0.142. The lowest BCUT2D eigenvalue weighted by Gasteiger charge is -2.21. The first-order valence-electron chi connectivity index (χ1n) is 6.58. The van der Waals surface area contributed by atoms with Gasteiger partial charge in [0.05, 0.1) is 0 Å². The summed E-state index contributed by atoms with van der Waals surface area (Å²) in [6.07, 6.45) is 2.21. The van der Waals surface area contributed by atoms with E-state index < -0.39 is 18.0 Å². The van der Waals surface area contributed by atoms with Crippen molar-refractivity contribution in [3.05, 3.63) is 0 Å². The Labute approximate surface area is 116 Å². The maximum atomic E-state index is 11.6. The van der Waals surface area contributed by atoms with Crippen LogP contribution in [0.5, 0.6) is 0 Å². The van der Waals surface area contributed by atoms with Crippen LogP contribution >= 0.6 is 0 Å². The molecular weight excluding hydrogens is 268 g/mol. The molecule has 8 nitrogen and oxygen atoms in total. The molecule has 1 aliphatic rings. The van der Waals surface area contributed by atoms with E-state index >= 15 is 0 Å². The zero-order valence-electron chi connectivity index (χ0n) is 11.2. The van der Waals surface area contributed by atoms with Crippen LogP contribution in [-0.4, -0.2) is 65.4 Å². The number of aliphatic carboxylic acids is 1. The first-order valence-corrected chi connectivity index (χ1v) is 6.58. The quantitative estimate of drug-likeness (QED) is 0.371. The number of hydrogen-bond donors (Lipinski definition) is 3. The van der Waals surface area contributed by atoms with E-state index in [-0.39, 0.29) is 19.1 Å². The number of carboxylic acids is 1. The molecule has 0 saturated carbocycles. The van der Waals surface area contributed by atoms with Gasteiger partial charge in [-0.3, -0.25) is 10.1 Å². The van der Waals surface area contributed by atoms with Gasteiger partial charge in [0.2, 0.25) is 0 Å². The third-order valence-electron chi connectivity index (χ3n) is 2.97. The van der Waals surface area contributed by atoms with E-state index in [9.17, 15) is 14.4 Å². The Morgan fingerprint density at radius 3 is 2.70 bits per heavy atom. The summed E-state index contributed by atoms with van der Waals surface area (Å²) in [4.78, 5) is 34.8. The van der Waals surface area contributed by atoms with Gasteiger partial charge in [-0.25, -0.2) is 9.59 Å². The van der Waals surface area contributed by atoms with Gasteiger partial charge in [-0.05, 0) is 25.7 Å². The van der Waals surface area contributed by atoms with E-state index in [0.717, 1.165) is 0 Å². The highest BCUT2D eigenvalue weighted by Crippen LogP contribution is 2.15. The topological polar surface area (TPSA) is 116 Å². The van der Waals surface area contributed by atoms with Crippen LogP contribution in [0, 0.1) is 0 Å². The second-order valence-electron chi connectivity index (χ2n) is 4.52. The Kier molecular flexibility index (Phi) is 6.96. The van der Waals surface area contributed by atoms with Gasteiger partial charge < -0.3 is 19.8 Å². The highest BCUT2D eigenvalue weighted by molar-refractivity contribution is 6.04. The van der Waals surface area contributed by atoms with E-state index in [4.69, 9.17) is 14.9 Å². The molecule has 8 heteroatoms. The maximum Gasteiger partial charge on any atom is 0.329 e. The Morgan fingerprint density at radius 2 is 2.05 bits per heavy atom. The standard InChI is InChI=1S/C12H20N2O6/c15-6-3-5-14-9(11(18)13-12(14)19)4-1-2-7-20-8-10(16)17/h9,15H,1-8H2,(H,16,17)(H,13,18,19). The van der Waals surface area contributed by atoms with Crippen molar-refractivity contribution in [2.24, 2.45) is 0 Å². The lowest BCUT2D eigenvalue weighted by Crippen LogP contribution is -2.36. The molecule has 1 rings (SSSR count). The second-order valence-corrected chi connectivity index (χ2v) is 4.52. The summed E-state index contributed by atoms with van der Waals surface area (Å²) in [5.74, 6) is -1.33. The van der Waals surface area contributed by atoms with Crippen LogP contribution in [0.1, 0.15) is 25.7 Å². The predicted molar refractivity (Wildman–Crippen MR) is 68.0 cm³/mol. The average molecular weight is 288 g/mol. The third-order valence-corrected chi connectivity index (χ3v) is 2.97. The highest BCUT2D eigenvalue weighted by Gasteiger charge is 2.36. The number of imide groups is 1. The van der Waals surface area contributed by atoms with Crippen LogP contribution < -0.4 is 5.32 Å². The first kappa shape index (κ1) is 16.4. The van der Waals surface area contributed by atoms with Crippen molar-refractivity contribution in [1.29, 1.82) is 0 Å². The van der Waals surface area contributed by atoms with Crippen molar-refractivity contribution >= 4 is 17.9 Å². The lowest BCUT2D eigenvalue weighted by atomic mass is 10.1. The normalized spacial score (nSPS) is 18.4. The number of aliphatic hydroxyl groups is 1. The molecular formula is C12H20N2O6. The Bertz CT molecular complexity index is 360. The van der Waals surface area contributed by atoms with E-state index in [0.29, 0.717) is 38.8 Å². The van der Waals surface area contributed by atoms with Gasteiger partial charge in [0.25, 0.3) is 5.91 Å². The number of ether oxygens (including phenoxy) is 1. The largest absolute Gasteiger partial charge is 0.480 e. The van der Waals surface area contributed by atoms with Crippen molar-refractivity contribution in [2.45, 2.75) is 31.7 Å². The molecule has 1 saturated heterocycles. The minimum atomic E-state index is -1.01. The number of nitrogens with zero attached hydrogens (tertiary/aromatic N) is 1. The molecule has 0 spiro atoms. The molecule has 1 fully saturated rings. The number of urea groups is 1. The van der Waals surface area contributed by atoms with Crippen molar-refractivity contribution in [1.82, 2.24) is 10.2 Å². The molecule has 114 valence electrons. The minimum absolute atomic E-state index is 0.0340. The number of carbonyl (C=O) groups excluding carboxylic acids is 2. The summed E-state index contributed by atoms with van der Waals surface area (Å²) in [7, 11) is 0. The molecule has 0 bridgehead atoms. The van der Waals surface area contributed by atoms with Crippen LogP contribution in [0.2, 0.25) is 0 Å². The summed E-state index contributed by atoms with van der Waals surface area (Å²) in [6.45, 7) is 0.290. The molecule has 0 aliphatic carbocycles. The van der Waals surface area contributed by atoms with Crippen molar-refractivity contribution in [2.75, 3.05) is 26.4 Å². The highest BCUT2D eigenvalue weighted by atomic mass is 16.5. The van der Waals surface area contributed by atoms with Gasteiger partial charge in [-0.2, -0.15) is 0 Å². The Balaban J connectivity index is 2.27. The van der Waals surface area contributed by atoms with Crippen LogP contribution in [-0.2, 0) is 14.3 Å². The summed E-state index contributed by atoms with van der Waals surface area (Å²) < 4.78 is 4.89. The molecule has 3 N–H and O–H groups in total. The Hall–Kier alpha value is -1.67. The maximum absolute atomic E-state index is 11.6. The van der Waals surface area contributed by atoms with E-state index in [1.54, 1.807) is 0 Å². The number of amides is 3. The summed E-state index contributed by atoms with van der Waals surface area (Å²) in [5.41, 5.74) is 0. The van der Waals surface area contributed by atoms with E-state index in [1.807, 2.05) is 0 Å². The van der Waals surface area contributed by atoms with Crippen LogP contribution in [0.3, 0.4) is 0 Å². The first-order chi connectivity index (χ1) is 9.56. The van der Waals surface area contributed by atoms with Gasteiger partial charge in [-0.1, -0.05) is 0 Å². The van der Waals surface area contributed by atoms with E-state index in [1.165, 1.54) is 4.90 Å². The minimum Gasteiger partial charge on any atom is -0.480 e. The molecule has 0 aromatic rings. The molecule has 0 aromatic carbocycles. The number of carboxylic acid groups (broad SMARTS) is 1. The van der Waals surface area contributed by atoms with Gasteiger partial charge in [0, 0.05) is 19.8 Å². The fourth-order valence-corrected chi connectivity index (χ4v) is 2.03. The van der Waals surface area contributed by atoms with Crippen molar-refractivity contribution in [3.63, 3.8) is 0 Å². The smallest absolute Gasteiger partial charge is 0.329 e. The van der Waals surface area contributed by atoms with Gasteiger partial charge in [0.15, 0.2) is 0 Å². The number of hydrogen-bond acceptors (Lipinski definition) is 5. The fourth-order valence-electron chi connectivity index (χ4n) is 2.03. The van der Waals surface area contributed by atoms with Crippen molar-refractivity contribution < 1.29 is 29.3 Å². The fraction of sp³-hybridized carbons (Fsp3) is 0.750. The zero-order valence-corrected chi connectivity index (χ0v) is 11.2. The second kappa shape index (κ2) is 8.49. The summed E-state index contributed by atoms with van der Waals surface area (Å²) in [6, 6.07) is -0.927. The molecule has 1 unspecified atom stereocenters. The van der Waals surface area contributed by atoms with Gasteiger partial charge >= 0.3 is 12.0 Å². The monoisotopic (exact) mass is 288 g/mol. The molecule has 0 radical (unpaired) electrons. The van der Waals surface area contributed by atoms with Crippen LogP contribution in [0.15, 0.2) is 0 Å². The number of nitrogens with one attached hydrogen (secondary N) is 1. The number of carbonyl (C=O) groups is 3. The molecule has 3 amide bonds. The molecule has 20 heavy (non-hydrogen) atoms.